The first-order valence-corrected chi connectivity index (χ1v) is 17.6. The lowest BCUT2D eigenvalue weighted by Crippen LogP contribution is -2.59. The van der Waals surface area contributed by atoms with E-state index in [0.717, 1.165) is 32.1 Å². The van der Waals surface area contributed by atoms with Crippen LogP contribution in [0.15, 0.2) is 36.9 Å². The first kappa shape index (κ1) is 39.6. The molecule has 14 heteroatoms. The molecule has 2 aromatic rings. The van der Waals surface area contributed by atoms with Gasteiger partial charge < -0.3 is 42.2 Å². The number of nitrogens with two attached hydrogens (primary N) is 1. The number of imidazole rings is 1. The number of rotatable bonds is 19. The third kappa shape index (κ3) is 12.2. The monoisotopic (exact) mass is 684 g/mol. The first-order chi connectivity index (χ1) is 23.4. The molecule has 3 rings (SSSR count). The van der Waals surface area contributed by atoms with E-state index >= 15 is 0 Å². The van der Waals surface area contributed by atoms with Crippen molar-refractivity contribution in [1.82, 2.24) is 36.2 Å². The minimum Gasteiger partial charge on any atom is -0.390 e. The number of aromatic amines is 1. The summed E-state index contributed by atoms with van der Waals surface area (Å²) >= 11 is 0. The third-order valence-electron chi connectivity index (χ3n) is 9.57. The Hall–Kier alpha value is -3.88. The average molecular weight is 685 g/mol. The Morgan fingerprint density at radius 2 is 1.71 bits per heavy atom. The average Bonchev–Trinajstić information content (AvgIpc) is 3.62. The molecule has 2 heterocycles. The van der Waals surface area contributed by atoms with Crippen LogP contribution in [0.4, 0.5) is 0 Å². The van der Waals surface area contributed by atoms with Crippen molar-refractivity contribution in [2.75, 3.05) is 6.54 Å². The van der Waals surface area contributed by atoms with Gasteiger partial charge in [0.25, 0.3) is 0 Å². The summed E-state index contributed by atoms with van der Waals surface area (Å²) in [6, 6.07) is 2.55. The van der Waals surface area contributed by atoms with E-state index in [1.807, 2.05) is 19.9 Å². The van der Waals surface area contributed by atoms with E-state index in [1.54, 1.807) is 38.4 Å². The third-order valence-corrected chi connectivity index (χ3v) is 9.57. The maximum Gasteiger partial charge on any atom is 0.243 e. The fraction of sp³-hybridized carbons (Fsp3) is 0.657. The van der Waals surface area contributed by atoms with Crippen molar-refractivity contribution in [2.45, 2.75) is 116 Å². The molecule has 0 aromatic carbocycles. The smallest absolute Gasteiger partial charge is 0.243 e. The molecule has 1 saturated carbocycles. The van der Waals surface area contributed by atoms with Crippen molar-refractivity contribution < 1.29 is 29.4 Å². The fourth-order valence-corrected chi connectivity index (χ4v) is 6.47. The van der Waals surface area contributed by atoms with E-state index in [4.69, 9.17) is 5.73 Å². The van der Waals surface area contributed by atoms with Crippen LogP contribution in [0.3, 0.4) is 0 Å². The minimum absolute atomic E-state index is 0.1000. The van der Waals surface area contributed by atoms with Gasteiger partial charge in [-0.15, -0.1) is 0 Å². The number of carbonyl (C=O) groups is 4. The van der Waals surface area contributed by atoms with Crippen LogP contribution in [-0.2, 0) is 32.1 Å². The van der Waals surface area contributed by atoms with E-state index in [1.165, 1.54) is 6.33 Å². The summed E-state index contributed by atoms with van der Waals surface area (Å²) < 4.78 is 0. The lowest BCUT2D eigenvalue weighted by atomic mass is 9.79. The van der Waals surface area contributed by atoms with Crippen LogP contribution in [0, 0.1) is 23.7 Å². The van der Waals surface area contributed by atoms with Crippen LogP contribution in [0.2, 0.25) is 0 Å². The van der Waals surface area contributed by atoms with Crippen molar-refractivity contribution in [2.24, 2.45) is 29.4 Å². The molecule has 9 N–H and O–H groups in total. The largest absolute Gasteiger partial charge is 0.390 e. The summed E-state index contributed by atoms with van der Waals surface area (Å²) in [4.78, 5) is 64.3. The zero-order chi connectivity index (χ0) is 35.9. The predicted molar refractivity (Wildman–Crippen MR) is 184 cm³/mol. The molecule has 1 aliphatic rings. The lowest BCUT2D eigenvalue weighted by molar-refractivity contribution is -0.141. The number of H-pyrrole nitrogens is 1. The van der Waals surface area contributed by atoms with Crippen LogP contribution < -0.4 is 27.0 Å². The van der Waals surface area contributed by atoms with Crippen LogP contribution in [0.5, 0.6) is 0 Å². The second-order valence-corrected chi connectivity index (χ2v) is 13.6. The summed E-state index contributed by atoms with van der Waals surface area (Å²) in [5.74, 6) is -3.61. The SMILES string of the molecule is CC[C@H](C)[C@H](NC(=O)[C@H](C(C)C)[C@@H](O)[C@H](O)[C@H](CC1CCCCC1)NC(=O)[C@H](Cc1cnc[nH]1)NC(=O)CN)C(=O)NCc1ccccn1. The van der Waals surface area contributed by atoms with E-state index in [0.29, 0.717) is 24.2 Å². The standard InChI is InChI=1S/C35H56N8O6/c1-5-22(4)30(35(49)39-19-24-13-9-10-14-38-24)43-34(48)29(21(2)3)32(46)31(45)26(15-23-11-7-6-8-12-23)42-33(47)27(41-28(44)17-36)16-25-18-37-20-40-25/h9-10,13-14,18,20-23,26-27,29-32,45-46H,5-8,11-12,15-17,19,36H2,1-4H3,(H,37,40)(H,39,49)(H,41,44)(H,42,47)(H,43,48)/t22-,26-,27-,29+,30-,31+,32+/m0/s1. The van der Waals surface area contributed by atoms with E-state index in [2.05, 4.69) is 36.2 Å². The topological polar surface area (TPSA) is 224 Å². The van der Waals surface area contributed by atoms with Gasteiger partial charge in [0.05, 0.1) is 43.2 Å². The van der Waals surface area contributed by atoms with Crippen molar-refractivity contribution >= 4 is 23.6 Å². The number of pyridine rings is 1. The number of nitrogens with one attached hydrogen (secondary N) is 5. The van der Waals surface area contributed by atoms with E-state index in [9.17, 15) is 29.4 Å². The molecule has 0 unspecified atom stereocenters. The highest BCUT2D eigenvalue weighted by molar-refractivity contribution is 5.89. The Morgan fingerprint density at radius 1 is 0.980 bits per heavy atom. The number of amides is 4. The summed E-state index contributed by atoms with van der Waals surface area (Å²) in [5.41, 5.74) is 6.80. The highest BCUT2D eigenvalue weighted by Crippen LogP contribution is 2.30. The van der Waals surface area contributed by atoms with E-state index in [-0.39, 0.29) is 37.3 Å². The summed E-state index contributed by atoms with van der Waals surface area (Å²) in [7, 11) is 0. The summed E-state index contributed by atoms with van der Waals surface area (Å²) in [5, 5.41) is 34.7. The van der Waals surface area contributed by atoms with E-state index < -0.39 is 59.9 Å². The molecule has 2 aromatic heterocycles. The molecule has 272 valence electrons. The maximum atomic E-state index is 13.9. The van der Waals surface area contributed by atoms with Crippen LogP contribution >= 0.6 is 0 Å². The molecule has 49 heavy (non-hydrogen) atoms. The number of aliphatic hydroxyl groups is 2. The molecule has 0 bridgehead atoms. The minimum atomic E-state index is -1.58. The lowest BCUT2D eigenvalue weighted by Gasteiger charge is -2.37. The summed E-state index contributed by atoms with van der Waals surface area (Å²) in [6.07, 6.45) is 7.61. The van der Waals surface area contributed by atoms with Crippen LogP contribution in [0.1, 0.15) is 84.0 Å². The second-order valence-electron chi connectivity index (χ2n) is 13.6. The zero-order valence-electron chi connectivity index (χ0n) is 29.2. The van der Waals surface area contributed by atoms with Gasteiger partial charge in [-0.2, -0.15) is 0 Å². The molecule has 0 saturated heterocycles. The van der Waals surface area contributed by atoms with Gasteiger partial charge >= 0.3 is 0 Å². The molecular formula is C35H56N8O6. The van der Waals surface area contributed by atoms with Gasteiger partial charge in [0.1, 0.15) is 18.2 Å². The number of hydrogen-bond acceptors (Lipinski definition) is 9. The number of aromatic nitrogens is 3. The van der Waals surface area contributed by atoms with Gasteiger partial charge in [-0.05, 0) is 36.3 Å². The Morgan fingerprint density at radius 3 is 2.31 bits per heavy atom. The molecule has 0 spiro atoms. The van der Waals surface area contributed by atoms with Crippen molar-refractivity contribution in [1.29, 1.82) is 0 Å². The number of nitrogens with zero attached hydrogens (tertiary/aromatic N) is 2. The summed E-state index contributed by atoms with van der Waals surface area (Å²) in [6.45, 7) is 7.17. The molecule has 1 fully saturated rings. The number of carbonyl (C=O) groups excluding carboxylic acids is 4. The highest BCUT2D eigenvalue weighted by Gasteiger charge is 2.41. The van der Waals surface area contributed by atoms with Crippen molar-refractivity contribution in [3.05, 3.63) is 48.3 Å². The van der Waals surface area contributed by atoms with Gasteiger partial charge in [-0.25, -0.2) is 4.98 Å². The van der Waals surface area contributed by atoms with Gasteiger partial charge in [-0.3, -0.25) is 24.2 Å². The normalized spacial score (nSPS) is 18.0. The first-order valence-electron chi connectivity index (χ1n) is 17.6. The quantitative estimate of drug-likeness (QED) is 0.106. The highest BCUT2D eigenvalue weighted by atomic mass is 16.3. The van der Waals surface area contributed by atoms with Gasteiger partial charge in [0, 0.05) is 24.5 Å². The molecule has 4 amide bonds. The number of hydrogen-bond donors (Lipinski definition) is 8. The Kier molecular flexibility index (Phi) is 16.1. The predicted octanol–water partition coefficient (Wildman–Crippen LogP) is 1.09. The molecule has 1 aliphatic carbocycles. The Labute approximate surface area is 289 Å². The van der Waals surface area contributed by atoms with Gasteiger partial charge in [-0.1, -0.05) is 72.3 Å². The van der Waals surface area contributed by atoms with Gasteiger partial charge in [0.15, 0.2) is 0 Å². The Bertz CT molecular complexity index is 1300. The molecule has 7 atom stereocenters. The Balaban J connectivity index is 1.81. The van der Waals surface area contributed by atoms with Gasteiger partial charge in [0.2, 0.25) is 23.6 Å². The second kappa shape index (κ2) is 20.0. The van der Waals surface area contributed by atoms with Crippen molar-refractivity contribution in [3.63, 3.8) is 0 Å². The molecule has 0 radical (unpaired) electrons. The molecule has 14 nitrogen and oxygen atoms in total. The van der Waals surface area contributed by atoms with Crippen molar-refractivity contribution in [3.8, 4) is 0 Å². The van der Waals surface area contributed by atoms with Crippen LogP contribution in [-0.4, -0.2) is 85.7 Å². The number of aliphatic hydroxyl groups excluding tert-OH is 2. The molecule has 0 aliphatic heterocycles. The molecular weight excluding hydrogens is 628 g/mol. The maximum absolute atomic E-state index is 13.9. The van der Waals surface area contributed by atoms with Crippen LogP contribution in [0.25, 0.3) is 0 Å². The fourth-order valence-electron chi connectivity index (χ4n) is 6.47. The zero-order valence-corrected chi connectivity index (χ0v) is 29.2.